The molecule has 0 unspecified atom stereocenters. The Bertz CT molecular complexity index is 691. The Morgan fingerprint density at radius 1 is 1.04 bits per heavy atom. The number of hydrogen-bond acceptors (Lipinski definition) is 3. The van der Waals surface area contributed by atoms with E-state index in [0.29, 0.717) is 13.2 Å². The number of morpholine rings is 1. The van der Waals surface area contributed by atoms with Gasteiger partial charge in [-0.3, -0.25) is 4.79 Å². The summed E-state index contributed by atoms with van der Waals surface area (Å²) in [5.74, 6) is 1.01. The van der Waals surface area contributed by atoms with Crippen molar-refractivity contribution in [1.29, 1.82) is 0 Å². The number of hydrogen-bond donors (Lipinski definition) is 0. The average molecular weight is 354 g/mol. The number of benzene rings is 2. The number of ketones is 1. The number of Topliss-reactive ketones (excluding diaryl/α,β-unsaturated/α-hetero) is 1. The molecule has 4 nitrogen and oxygen atoms in total. The Kier molecular flexibility index (Phi) is 6.42. The molecule has 4 heteroatoms. The maximum absolute atomic E-state index is 12.9. The van der Waals surface area contributed by atoms with Crippen LogP contribution in [0.4, 0.5) is 0 Å². The number of carbonyl (C=O) groups excluding carboxylic acids is 1. The second kappa shape index (κ2) is 8.97. The van der Waals surface area contributed by atoms with Crippen molar-refractivity contribution in [3.63, 3.8) is 0 Å². The Morgan fingerprint density at radius 3 is 2.38 bits per heavy atom. The Labute approximate surface area is 155 Å². The Morgan fingerprint density at radius 2 is 1.73 bits per heavy atom. The van der Waals surface area contributed by atoms with Crippen LogP contribution in [0.3, 0.4) is 0 Å². The van der Waals surface area contributed by atoms with E-state index in [9.17, 15) is 4.79 Å². The largest absolute Gasteiger partial charge is 0.494 e. The van der Waals surface area contributed by atoms with Crippen molar-refractivity contribution < 1.29 is 18.8 Å². The van der Waals surface area contributed by atoms with Crippen LogP contribution < -0.4 is 4.74 Å². The van der Waals surface area contributed by atoms with E-state index in [4.69, 9.17) is 9.47 Å². The van der Waals surface area contributed by atoms with Crippen LogP contribution in [0.15, 0.2) is 54.6 Å². The highest BCUT2D eigenvalue weighted by Crippen LogP contribution is 2.18. The van der Waals surface area contributed by atoms with Crippen LogP contribution in [-0.4, -0.2) is 56.3 Å². The first-order valence-corrected chi connectivity index (χ1v) is 9.44. The Balaban J connectivity index is 1.67. The first kappa shape index (κ1) is 18.6. The molecule has 0 bridgehead atoms. The van der Waals surface area contributed by atoms with E-state index < -0.39 is 0 Å². The van der Waals surface area contributed by atoms with E-state index >= 15 is 0 Å². The summed E-state index contributed by atoms with van der Waals surface area (Å²) >= 11 is 0. The van der Waals surface area contributed by atoms with Gasteiger partial charge in [-0.2, -0.15) is 0 Å². The lowest BCUT2D eigenvalue weighted by Crippen LogP contribution is -2.58. The van der Waals surface area contributed by atoms with Crippen LogP contribution in [0.2, 0.25) is 0 Å². The highest BCUT2D eigenvalue weighted by molar-refractivity contribution is 5.97. The summed E-state index contributed by atoms with van der Waals surface area (Å²) in [6.45, 7) is 7.34. The monoisotopic (exact) mass is 354 g/mol. The maximum atomic E-state index is 12.9. The molecular weight excluding hydrogens is 326 g/mol. The summed E-state index contributed by atoms with van der Waals surface area (Å²) in [6.07, 6.45) is 0.984. The third kappa shape index (κ3) is 4.93. The predicted molar refractivity (Wildman–Crippen MR) is 103 cm³/mol. The van der Waals surface area contributed by atoms with Crippen molar-refractivity contribution in [2.24, 2.45) is 0 Å². The van der Waals surface area contributed by atoms with Gasteiger partial charge in [0.15, 0.2) is 0 Å². The van der Waals surface area contributed by atoms with E-state index in [-0.39, 0.29) is 5.78 Å². The van der Waals surface area contributed by atoms with Crippen LogP contribution in [0.5, 0.6) is 5.75 Å². The summed E-state index contributed by atoms with van der Waals surface area (Å²) in [5.41, 5.74) is 2.09. The lowest BCUT2D eigenvalue weighted by atomic mass is 10.1. The molecule has 1 fully saturated rings. The molecule has 0 amide bonds. The molecule has 1 aliphatic heterocycles. The summed E-state index contributed by atoms with van der Waals surface area (Å²) in [5, 5.41) is 0. The van der Waals surface area contributed by atoms with E-state index in [0.717, 1.165) is 55.1 Å². The van der Waals surface area contributed by atoms with Gasteiger partial charge in [-0.15, -0.1) is 0 Å². The molecule has 2 aromatic rings. The molecule has 0 aliphatic carbocycles. The third-order valence-corrected chi connectivity index (χ3v) is 5.10. The average Bonchev–Trinajstić information content (AvgIpc) is 2.69. The van der Waals surface area contributed by atoms with Crippen LogP contribution >= 0.6 is 0 Å². The van der Waals surface area contributed by atoms with Crippen molar-refractivity contribution in [3.8, 4) is 5.75 Å². The van der Waals surface area contributed by atoms with Crippen molar-refractivity contribution in [2.75, 3.05) is 46.0 Å². The van der Waals surface area contributed by atoms with Crippen LogP contribution in [0, 0.1) is 0 Å². The van der Waals surface area contributed by atoms with E-state index in [1.807, 2.05) is 37.3 Å². The number of nitrogens with zero attached hydrogens (tertiary/aromatic N) is 1. The van der Waals surface area contributed by atoms with E-state index in [1.54, 1.807) is 0 Å². The first-order valence-electron chi connectivity index (χ1n) is 9.44. The molecule has 1 saturated heterocycles. The minimum absolute atomic E-state index is 0.197. The standard InChI is InChI=1S/C22H28NO3/c1-2-26-21-10-8-20(9-11-21)22(24)18-23(14-16-25-17-15-23)13-12-19-6-4-3-5-7-19/h3-11H,2,12-18H2,1H3/q+1. The minimum atomic E-state index is 0.197. The van der Waals surface area contributed by atoms with Gasteiger partial charge in [-0.1, -0.05) is 30.3 Å². The van der Waals surface area contributed by atoms with Crippen molar-refractivity contribution in [2.45, 2.75) is 13.3 Å². The summed E-state index contributed by atoms with van der Waals surface area (Å²) in [6, 6.07) is 18.0. The predicted octanol–water partition coefficient (Wildman–Crippen LogP) is 3.36. The summed E-state index contributed by atoms with van der Waals surface area (Å²) < 4.78 is 11.8. The fourth-order valence-corrected chi connectivity index (χ4v) is 3.50. The van der Waals surface area contributed by atoms with E-state index in [2.05, 4.69) is 24.3 Å². The molecule has 3 rings (SSSR count). The summed E-state index contributed by atoms with van der Waals surface area (Å²) in [7, 11) is 0. The molecule has 0 aromatic heterocycles. The SMILES string of the molecule is CCOc1ccc(C(=O)C[N+]2(CCc3ccccc3)CCOCC2)cc1. The molecule has 26 heavy (non-hydrogen) atoms. The van der Waals surface area contributed by atoms with Gasteiger partial charge in [0.1, 0.15) is 25.4 Å². The topological polar surface area (TPSA) is 35.5 Å². The molecule has 0 spiro atoms. The van der Waals surface area contributed by atoms with Crippen molar-refractivity contribution in [3.05, 3.63) is 65.7 Å². The molecule has 0 saturated carbocycles. The highest BCUT2D eigenvalue weighted by atomic mass is 16.5. The zero-order chi connectivity index (χ0) is 18.2. The van der Waals surface area contributed by atoms with Crippen LogP contribution in [0.1, 0.15) is 22.8 Å². The van der Waals surface area contributed by atoms with Gasteiger partial charge < -0.3 is 14.0 Å². The number of quaternary nitrogens is 1. The third-order valence-electron chi connectivity index (χ3n) is 5.10. The van der Waals surface area contributed by atoms with Gasteiger partial charge in [-0.05, 0) is 36.8 Å². The van der Waals surface area contributed by atoms with E-state index in [1.165, 1.54) is 5.56 Å². The molecule has 0 radical (unpaired) electrons. The zero-order valence-corrected chi connectivity index (χ0v) is 15.5. The Hall–Kier alpha value is -2.17. The molecule has 1 aliphatic rings. The quantitative estimate of drug-likeness (QED) is 0.539. The van der Waals surface area contributed by atoms with Gasteiger partial charge in [0.2, 0.25) is 5.78 Å². The van der Waals surface area contributed by atoms with Gasteiger partial charge in [-0.25, -0.2) is 0 Å². The van der Waals surface area contributed by atoms with Gasteiger partial charge >= 0.3 is 0 Å². The fourth-order valence-electron chi connectivity index (χ4n) is 3.50. The number of rotatable bonds is 8. The van der Waals surface area contributed by atoms with Gasteiger partial charge in [0, 0.05) is 12.0 Å². The number of ether oxygens (including phenoxy) is 2. The fraction of sp³-hybridized carbons (Fsp3) is 0.409. The first-order chi connectivity index (χ1) is 12.7. The smallest absolute Gasteiger partial charge is 0.216 e. The van der Waals surface area contributed by atoms with Crippen LogP contribution in [-0.2, 0) is 11.2 Å². The second-order valence-corrected chi connectivity index (χ2v) is 6.90. The maximum Gasteiger partial charge on any atom is 0.216 e. The molecule has 0 atom stereocenters. The van der Waals surface area contributed by atoms with Crippen LogP contribution in [0.25, 0.3) is 0 Å². The summed E-state index contributed by atoms with van der Waals surface area (Å²) in [4.78, 5) is 12.9. The normalized spacial score (nSPS) is 16.2. The minimum Gasteiger partial charge on any atom is -0.494 e. The molecule has 1 heterocycles. The lowest BCUT2D eigenvalue weighted by molar-refractivity contribution is -0.927. The van der Waals surface area contributed by atoms with Gasteiger partial charge in [0.25, 0.3) is 0 Å². The lowest BCUT2D eigenvalue weighted by Gasteiger charge is -2.41. The molecular formula is C22H28NO3+. The van der Waals surface area contributed by atoms with Crippen molar-refractivity contribution >= 4 is 5.78 Å². The molecule has 0 N–H and O–H groups in total. The van der Waals surface area contributed by atoms with Crippen molar-refractivity contribution in [1.82, 2.24) is 0 Å². The molecule has 2 aromatic carbocycles. The van der Waals surface area contributed by atoms with Gasteiger partial charge in [0.05, 0.1) is 26.4 Å². The molecule has 138 valence electrons. The zero-order valence-electron chi connectivity index (χ0n) is 15.5. The number of carbonyl (C=O) groups is 1. The second-order valence-electron chi connectivity index (χ2n) is 6.90. The highest BCUT2D eigenvalue weighted by Gasteiger charge is 2.33.